The fourth-order valence-electron chi connectivity index (χ4n) is 3.56. The highest BCUT2D eigenvalue weighted by atomic mass is 35.5. The number of hydrogen-bond donors (Lipinski definition) is 2. The minimum atomic E-state index is -0.393. The normalized spacial score (nSPS) is 19.0. The van der Waals surface area contributed by atoms with Gasteiger partial charge >= 0.3 is 0 Å². The van der Waals surface area contributed by atoms with E-state index in [2.05, 4.69) is 17.2 Å². The third kappa shape index (κ3) is 3.91. The topological polar surface area (TPSA) is 62.7 Å². The molecule has 2 heterocycles. The highest BCUT2D eigenvalue weighted by Crippen LogP contribution is 2.32. The van der Waals surface area contributed by atoms with Crippen LogP contribution in [0.15, 0.2) is 58.4 Å². The van der Waals surface area contributed by atoms with Crippen molar-refractivity contribution in [3.63, 3.8) is 0 Å². The number of fused-ring (bicyclic) bond motifs is 1. The summed E-state index contributed by atoms with van der Waals surface area (Å²) in [5.74, 6) is -0.262. The molecule has 1 atom stereocenters. The Bertz CT molecular complexity index is 1180. The number of benzene rings is 1. The van der Waals surface area contributed by atoms with Crippen LogP contribution in [0.2, 0.25) is 0 Å². The van der Waals surface area contributed by atoms with Crippen molar-refractivity contribution >= 4 is 22.6 Å². The van der Waals surface area contributed by atoms with Gasteiger partial charge in [0.1, 0.15) is 11.5 Å². The number of H-pyrrole nitrogens is 1. The molecule has 0 bridgehead atoms. The lowest BCUT2D eigenvalue weighted by molar-refractivity contribution is 0.377. The molecule has 0 aliphatic heterocycles. The van der Waals surface area contributed by atoms with E-state index < -0.39 is 5.54 Å². The van der Waals surface area contributed by atoms with Crippen molar-refractivity contribution in [2.75, 3.05) is 0 Å². The average Bonchev–Trinajstić information content (AvgIpc) is 3.02. The molecule has 0 amide bonds. The summed E-state index contributed by atoms with van der Waals surface area (Å²) in [6.45, 7) is 4.95. The Morgan fingerprint density at radius 2 is 2.07 bits per heavy atom. The number of pyridine rings is 1. The molecule has 29 heavy (non-hydrogen) atoms. The Labute approximate surface area is 172 Å². The number of hydrogen-bond acceptors (Lipinski definition) is 3. The summed E-state index contributed by atoms with van der Waals surface area (Å²) in [7, 11) is 0. The molecule has 0 saturated carbocycles. The number of aryl methyl sites for hydroxylation is 1. The van der Waals surface area contributed by atoms with Crippen molar-refractivity contribution in [3.8, 4) is 0 Å². The number of halogens is 2. The molecule has 0 radical (unpaired) electrons. The van der Waals surface area contributed by atoms with Gasteiger partial charge in [0.15, 0.2) is 0 Å². The predicted octanol–water partition coefficient (Wildman–Crippen LogP) is 4.26. The Morgan fingerprint density at radius 3 is 2.76 bits per heavy atom. The number of nitrogens with zero attached hydrogens (tertiary/aromatic N) is 2. The van der Waals surface area contributed by atoms with Crippen molar-refractivity contribution in [1.82, 2.24) is 20.1 Å². The zero-order valence-electron chi connectivity index (χ0n) is 16.3. The first-order valence-corrected chi connectivity index (χ1v) is 9.85. The molecule has 7 heteroatoms. The molecule has 0 spiro atoms. The second kappa shape index (κ2) is 7.61. The highest BCUT2D eigenvalue weighted by molar-refractivity contribution is 6.31. The van der Waals surface area contributed by atoms with Gasteiger partial charge in [0.2, 0.25) is 0 Å². The first-order valence-electron chi connectivity index (χ1n) is 9.48. The molecule has 3 aromatic rings. The van der Waals surface area contributed by atoms with E-state index in [1.54, 1.807) is 12.1 Å². The summed E-state index contributed by atoms with van der Waals surface area (Å²) in [5.41, 5.74) is 2.60. The van der Waals surface area contributed by atoms with Crippen LogP contribution in [-0.4, -0.2) is 14.8 Å². The molecule has 150 valence electrons. The van der Waals surface area contributed by atoms with E-state index >= 15 is 0 Å². The summed E-state index contributed by atoms with van der Waals surface area (Å²) in [4.78, 5) is 15.7. The molecule has 5 nitrogen and oxygen atoms in total. The summed E-state index contributed by atoms with van der Waals surface area (Å²) in [6, 6.07) is 8.20. The van der Waals surface area contributed by atoms with E-state index in [9.17, 15) is 9.18 Å². The molecular weight excluding hydrogens is 391 g/mol. The lowest BCUT2D eigenvalue weighted by Crippen LogP contribution is -2.31. The molecule has 1 aromatic carbocycles. The van der Waals surface area contributed by atoms with Gasteiger partial charge in [-0.1, -0.05) is 35.9 Å². The van der Waals surface area contributed by atoms with Gasteiger partial charge in [-0.05, 0) is 50.1 Å². The van der Waals surface area contributed by atoms with Gasteiger partial charge in [0.05, 0.1) is 11.2 Å². The van der Waals surface area contributed by atoms with Crippen LogP contribution >= 0.6 is 11.6 Å². The molecule has 1 unspecified atom stereocenters. The van der Waals surface area contributed by atoms with Gasteiger partial charge in [0, 0.05) is 29.1 Å². The predicted molar refractivity (Wildman–Crippen MR) is 113 cm³/mol. The van der Waals surface area contributed by atoms with Crippen molar-refractivity contribution < 1.29 is 4.39 Å². The van der Waals surface area contributed by atoms with E-state index in [-0.39, 0.29) is 11.4 Å². The number of rotatable bonds is 5. The second-order valence-electron chi connectivity index (χ2n) is 7.60. The average molecular weight is 413 g/mol. The molecule has 0 saturated heterocycles. The number of aromatic nitrogens is 3. The first-order chi connectivity index (χ1) is 13.9. The second-order valence-corrected chi connectivity index (χ2v) is 8.03. The van der Waals surface area contributed by atoms with Gasteiger partial charge in [-0.25, -0.2) is 9.07 Å². The molecule has 1 aliphatic carbocycles. The van der Waals surface area contributed by atoms with E-state index in [1.165, 1.54) is 12.1 Å². The Balaban J connectivity index is 1.59. The van der Waals surface area contributed by atoms with Gasteiger partial charge in [-0.3, -0.25) is 4.79 Å². The van der Waals surface area contributed by atoms with E-state index in [0.29, 0.717) is 35.8 Å². The van der Waals surface area contributed by atoms with Crippen LogP contribution < -0.4 is 10.9 Å². The number of nitrogens with one attached hydrogen (secondary N) is 2. The lowest BCUT2D eigenvalue weighted by Gasteiger charge is -2.28. The standard InChI is InChI=1S/C22H22ClFN4O/c1-14-19-11-16(13-25-12-15-3-5-18(24)6-4-15)21(29)26-20(19)28(27-14)22(2)9-7-17(23)8-10-22/h3-9,11,25H,10,12-13H2,1-2H3,(H,26,29). The zero-order valence-corrected chi connectivity index (χ0v) is 17.1. The van der Waals surface area contributed by atoms with Crippen molar-refractivity contribution in [1.29, 1.82) is 0 Å². The quantitative estimate of drug-likeness (QED) is 0.658. The molecule has 0 fully saturated rings. The van der Waals surface area contributed by atoms with Gasteiger partial charge < -0.3 is 10.3 Å². The fraction of sp³-hybridized carbons (Fsp3) is 0.273. The van der Waals surface area contributed by atoms with Crippen LogP contribution in [0.25, 0.3) is 11.0 Å². The summed E-state index contributed by atoms with van der Waals surface area (Å²) in [6.07, 6.45) is 6.52. The highest BCUT2D eigenvalue weighted by Gasteiger charge is 2.28. The molecule has 1 aliphatic rings. The summed E-state index contributed by atoms with van der Waals surface area (Å²) in [5, 5.41) is 9.56. The maximum atomic E-state index is 13.0. The Morgan fingerprint density at radius 1 is 1.31 bits per heavy atom. The summed E-state index contributed by atoms with van der Waals surface area (Å²) < 4.78 is 14.9. The number of allylic oxidation sites excluding steroid dienone is 4. The van der Waals surface area contributed by atoms with E-state index in [4.69, 9.17) is 16.7 Å². The molecular formula is C22H22ClFN4O. The van der Waals surface area contributed by atoms with Crippen LogP contribution in [0, 0.1) is 12.7 Å². The maximum absolute atomic E-state index is 13.0. The monoisotopic (exact) mass is 412 g/mol. The number of aromatic amines is 1. The SMILES string of the molecule is Cc1nn(C2(C)C=CC(Cl)=CC2)c2[nH]c(=O)c(CNCc3ccc(F)cc3)cc12. The van der Waals surface area contributed by atoms with Crippen LogP contribution in [-0.2, 0) is 18.6 Å². The summed E-state index contributed by atoms with van der Waals surface area (Å²) >= 11 is 6.06. The van der Waals surface area contributed by atoms with Crippen molar-refractivity contribution in [2.24, 2.45) is 0 Å². The van der Waals surface area contributed by atoms with Gasteiger partial charge in [0.25, 0.3) is 5.56 Å². The van der Waals surface area contributed by atoms with Crippen LogP contribution in [0.4, 0.5) is 4.39 Å². The first kappa shape index (κ1) is 19.6. The van der Waals surface area contributed by atoms with E-state index in [0.717, 1.165) is 16.6 Å². The minimum absolute atomic E-state index is 0.151. The van der Waals surface area contributed by atoms with Crippen LogP contribution in [0.5, 0.6) is 0 Å². The molecule has 2 aromatic heterocycles. The van der Waals surface area contributed by atoms with E-state index in [1.807, 2.05) is 35.9 Å². The maximum Gasteiger partial charge on any atom is 0.254 e. The van der Waals surface area contributed by atoms with Crippen LogP contribution in [0.3, 0.4) is 0 Å². The third-order valence-corrected chi connectivity index (χ3v) is 5.58. The fourth-order valence-corrected chi connectivity index (χ4v) is 3.70. The zero-order chi connectivity index (χ0) is 20.6. The Kier molecular flexibility index (Phi) is 5.15. The van der Waals surface area contributed by atoms with Gasteiger partial charge in [-0.15, -0.1) is 0 Å². The van der Waals surface area contributed by atoms with Crippen LogP contribution in [0.1, 0.15) is 30.2 Å². The minimum Gasteiger partial charge on any atom is -0.308 e. The third-order valence-electron chi connectivity index (χ3n) is 5.30. The molecule has 2 N–H and O–H groups in total. The van der Waals surface area contributed by atoms with Crippen molar-refractivity contribution in [3.05, 3.63) is 86.6 Å². The smallest absolute Gasteiger partial charge is 0.254 e. The lowest BCUT2D eigenvalue weighted by atomic mass is 9.93. The molecule has 4 rings (SSSR count). The largest absolute Gasteiger partial charge is 0.308 e. The van der Waals surface area contributed by atoms with Crippen molar-refractivity contribution in [2.45, 2.75) is 38.9 Å². The Hall–Kier alpha value is -2.70. The van der Waals surface area contributed by atoms with Gasteiger partial charge in [-0.2, -0.15) is 5.10 Å².